The van der Waals surface area contributed by atoms with Gasteiger partial charge in [0, 0.05) is 17.0 Å². The van der Waals surface area contributed by atoms with Crippen LogP contribution in [0.3, 0.4) is 0 Å². The number of aryl methyl sites for hydroxylation is 2. The molecule has 0 aliphatic rings. The Hall–Kier alpha value is -2.26. The van der Waals surface area contributed by atoms with Crippen molar-refractivity contribution in [1.82, 2.24) is 0 Å². The van der Waals surface area contributed by atoms with Gasteiger partial charge in [-0.15, -0.1) is 0 Å². The van der Waals surface area contributed by atoms with Gasteiger partial charge in [-0.25, -0.2) is 4.79 Å². The molecule has 0 aliphatic carbocycles. The lowest BCUT2D eigenvalue weighted by Crippen LogP contribution is -2.11. The summed E-state index contributed by atoms with van der Waals surface area (Å²) in [4.78, 5) is 12.3. The van der Waals surface area contributed by atoms with Crippen LogP contribution in [0, 0.1) is 13.8 Å². The molecule has 3 aromatic rings. The van der Waals surface area contributed by atoms with Gasteiger partial charge in [-0.1, -0.05) is 23.7 Å². The van der Waals surface area contributed by atoms with Crippen molar-refractivity contribution in [3.05, 3.63) is 74.1 Å². The minimum atomic E-state index is -0.380. The number of benzene rings is 2. The predicted octanol–water partition coefficient (Wildman–Crippen LogP) is 4.36. The first-order valence-electron chi connectivity index (χ1n) is 6.96. The Labute approximate surface area is 132 Å². The van der Waals surface area contributed by atoms with Crippen LogP contribution >= 0.6 is 11.6 Å². The third-order valence-electron chi connectivity index (χ3n) is 3.77. The lowest BCUT2D eigenvalue weighted by molar-refractivity contribution is 0.477. The number of aromatic hydroxyl groups is 1. The van der Waals surface area contributed by atoms with Gasteiger partial charge in [0.15, 0.2) is 0 Å². The van der Waals surface area contributed by atoms with Gasteiger partial charge >= 0.3 is 5.63 Å². The van der Waals surface area contributed by atoms with Crippen LogP contribution in [0.1, 0.15) is 22.3 Å². The summed E-state index contributed by atoms with van der Waals surface area (Å²) < 4.78 is 5.39. The Balaban J connectivity index is 2.20. The molecule has 112 valence electrons. The van der Waals surface area contributed by atoms with Crippen LogP contribution in [0.2, 0.25) is 5.02 Å². The first-order chi connectivity index (χ1) is 10.5. The van der Waals surface area contributed by atoms with E-state index in [1.165, 1.54) is 0 Å². The smallest absolute Gasteiger partial charge is 0.340 e. The molecule has 1 N–H and O–H groups in total. The fourth-order valence-electron chi connectivity index (χ4n) is 2.71. The third-order valence-corrected chi connectivity index (χ3v) is 4.01. The number of hydrogen-bond acceptors (Lipinski definition) is 3. The van der Waals surface area contributed by atoms with Crippen molar-refractivity contribution in [3.63, 3.8) is 0 Å². The SMILES string of the molecule is Cc1cc(O)c2c(C)c(Cc3cccc(Cl)c3)c(=O)oc2c1. The summed E-state index contributed by atoms with van der Waals surface area (Å²) in [5.74, 6) is 0.128. The van der Waals surface area contributed by atoms with Crippen molar-refractivity contribution in [2.75, 3.05) is 0 Å². The molecule has 2 aromatic carbocycles. The van der Waals surface area contributed by atoms with Gasteiger partial charge in [0.05, 0.1) is 5.39 Å². The van der Waals surface area contributed by atoms with Crippen LogP contribution in [0.5, 0.6) is 5.75 Å². The second-order valence-corrected chi connectivity index (χ2v) is 5.89. The van der Waals surface area contributed by atoms with Crippen molar-refractivity contribution in [2.24, 2.45) is 0 Å². The first-order valence-corrected chi connectivity index (χ1v) is 7.34. The molecule has 0 atom stereocenters. The van der Waals surface area contributed by atoms with Crippen LogP contribution in [0.25, 0.3) is 11.0 Å². The number of rotatable bonds is 2. The van der Waals surface area contributed by atoms with Gasteiger partial charge in [-0.3, -0.25) is 0 Å². The third kappa shape index (κ3) is 2.60. The van der Waals surface area contributed by atoms with Gasteiger partial charge in [0.1, 0.15) is 11.3 Å². The predicted molar refractivity (Wildman–Crippen MR) is 87.9 cm³/mol. The lowest BCUT2D eigenvalue weighted by atomic mass is 9.98. The van der Waals surface area contributed by atoms with Gasteiger partial charge in [0.25, 0.3) is 0 Å². The van der Waals surface area contributed by atoms with E-state index in [1.807, 2.05) is 32.0 Å². The molecule has 4 heteroatoms. The largest absolute Gasteiger partial charge is 0.507 e. The number of fused-ring (bicyclic) bond motifs is 1. The molecule has 0 spiro atoms. The first kappa shape index (κ1) is 14.7. The molecule has 0 unspecified atom stereocenters. The summed E-state index contributed by atoms with van der Waals surface area (Å²) in [6.45, 7) is 3.67. The van der Waals surface area contributed by atoms with Gasteiger partial charge < -0.3 is 9.52 Å². The summed E-state index contributed by atoms with van der Waals surface area (Å²) in [6, 6.07) is 10.8. The molecule has 0 fully saturated rings. The van der Waals surface area contributed by atoms with Crippen LogP contribution in [-0.4, -0.2) is 5.11 Å². The van der Waals surface area contributed by atoms with E-state index in [0.717, 1.165) is 16.7 Å². The molecular weight excluding hydrogens is 300 g/mol. The Kier molecular flexibility index (Phi) is 3.67. The Morgan fingerprint density at radius 1 is 1.18 bits per heavy atom. The van der Waals surface area contributed by atoms with Gasteiger partial charge in [0.2, 0.25) is 0 Å². The second kappa shape index (κ2) is 5.50. The van der Waals surface area contributed by atoms with Gasteiger partial charge in [-0.2, -0.15) is 0 Å². The maximum atomic E-state index is 12.3. The molecule has 1 heterocycles. The maximum Gasteiger partial charge on any atom is 0.340 e. The summed E-state index contributed by atoms with van der Waals surface area (Å²) in [5.41, 5.74) is 3.08. The van der Waals surface area contributed by atoms with E-state index in [1.54, 1.807) is 18.2 Å². The van der Waals surface area contributed by atoms with Crippen molar-refractivity contribution in [1.29, 1.82) is 0 Å². The Morgan fingerprint density at radius 2 is 1.95 bits per heavy atom. The Morgan fingerprint density at radius 3 is 2.68 bits per heavy atom. The average Bonchev–Trinajstić information content (AvgIpc) is 2.42. The van der Waals surface area contributed by atoms with E-state index in [9.17, 15) is 9.90 Å². The molecule has 3 rings (SSSR count). The highest BCUT2D eigenvalue weighted by molar-refractivity contribution is 6.30. The molecule has 1 aromatic heterocycles. The Bertz CT molecular complexity index is 925. The van der Waals surface area contributed by atoms with Crippen LogP contribution in [0.4, 0.5) is 0 Å². The highest BCUT2D eigenvalue weighted by Crippen LogP contribution is 2.30. The number of phenols is 1. The standard InChI is InChI=1S/C18H15ClO3/c1-10-6-15(20)17-11(2)14(18(21)22-16(17)7-10)9-12-4-3-5-13(19)8-12/h3-8,20H,9H2,1-2H3. The van der Waals surface area contributed by atoms with Crippen LogP contribution in [0.15, 0.2) is 45.6 Å². The monoisotopic (exact) mass is 314 g/mol. The number of phenolic OH excluding ortho intramolecular Hbond substituents is 1. The minimum absolute atomic E-state index is 0.128. The molecule has 0 saturated carbocycles. The molecule has 0 radical (unpaired) electrons. The zero-order valence-electron chi connectivity index (χ0n) is 12.3. The summed E-state index contributed by atoms with van der Waals surface area (Å²) in [6.07, 6.45) is 0.415. The molecule has 0 saturated heterocycles. The quantitative estimate of drug-likeness (QED) is 0.715. The molecule has 0 amide bonds. The maximum absolute atomic E-state index is 12.3. The van der Waals surface area contributed by atoms with Crippen molar-refractivity contribution in [3.8, 4) is 5.75 Å². The molecular formula is C18H15ClO3. The van der Waals surface area contributed by atoms with E-state index < -0.39 is 0 Å². The zero-order chi connectivity index (χ0) is 15.9. The summed E-state index contributed by atoms with van der Waals surface area (Å²) in [7, 11) is 0. The van der Waals surface area contributed by atoms with E-state index in [-0.39, 0.29) is 11.4 Å². The normalized spacial score (nSPS) is 11.0. The van der Waals surface area contributed by atoms with Crippen molar-refractivity contribution >= 4 is 22.6 Å². The van der Waals surface area contributed by atoms with E-state index in [0.29, 0.717) is 28.0 Å². The molecule has 0 aliphatic heterocycles. The van der Waals surface area contributed by atoms with Gasteiger partial charge in [-0.05, 0) is 54.8 Å². The van der Waals surface area contributed by atoms with Crippen molar-refractivity contribution in [2.45, 2.75) is 20.3 Å². The van der Waals surface area contributed by atoms with E-state index >= 15 is 0 Å². The zero-order valence-corrected chi connectivity index (χ0v) is 13.1. The van der Waals surface area contributed by atoms with Crippen molar-refractivity contribution < 1.29 is 9.52 Å². The molecule has 22 heavy (non-hydrogen) atoms. The van der Waals surface area contributed by atoms with Crippen LogP contribution in [-0.2, 0) is 6.42 Å². The highest BCUT2D eigenvalue weighted by atomic mass is 35.5. The number of halogens is 1. The topological polar surface area (TPSA) is 50.4 Å². The van der Waals surface area contributed by atoms with E-state index in [4.69, 9.17) is 16.0 Å². The van der Waals surface area contributed by atoms with Crippen LogP contribution < -0.4 is 5.63 Å². The fourth-order valence-corrected chi connectivity index (χ4v) is 2.93. The van der Waals surface area contributed by atoms with E-state index in [2.05, 4.69) is 0 Å². The molecule has 3 nitrogen and oxygen atoms in total. The summed E-state index contributed by atoms with van der Waals surface area (Å²) >= 11 is 5.99. The summed E-state index contributed by atoms with van der Waals surface area (Å²) in [5, 5.41) is 11.4. The highest BCUT2D eigenvalue weighted by Gasteiger charge is 2.15. The lowest BCUT2D eigenvalue weighted by Gasteiger charge is -2.10. The average molecular weight is 315 g/mol. The second-order valence-electron chi connectivity index (χ2n) is 5.46. The minimum Gasteiger partial charge on any atom is -0.507 e. The molecule has 0 bridgehead atoms. The number of hydrogen-bond donors (Lipinski definition) is 1. The fraction of sp³-hybridized carbons (Fsp3) is 0.167.